The van der Waals surface area contributed by atoms with E-state index in [1.807, 2.05) is 0 Å². The lowest BCUT2D eigenvalue weighted by atomic mass is 10.3. The maximum atomic E-state index is 10.6. The molecule has 2 rings (SSSR count). The summed E-state index contributed by atoms with van der Waals surface area (Å²) >= 11 is 15.4. The van der Waals surface area contributed by atoms with Crippen molar-refractivity contribution in [1.82, 2.24) is 5.16 Å². The molecule has 19 heavy (non-hydrogen) atoms. The zero-order chi connectivity index (χ0) is 14.0. The Morgan fingerprint density at radius 3 is 2.53 bits per heavy atom. The molecule has 0 aliphatic rings. The Kier molecular flexibility index (Phi) is 4.34. The van der Waals surface area contributed by atoms with Gasteiger partial charge in [0.2, 0.25) is 0 Å². The molecular weight excluding hydrogens is 359 g/mol. The SMILES string of the molecule is O=C(O)c1cc(CNc2c(Cl)cc(Br)cc2Cl)on1. The fourth-order valence-electron chi connectivity index (χ4n) is 1.38. The molecule has 1 aromatic carbocycles. The van der Waals surface area contributed by atoms with Crippen molar-refractivity contribution in [1.29, 1.82) is 0 Å². The molecule has 0 bridgehead atoms. The molecule has 0 amide bonds. The van der Waals surface area contributed by atoms with Crippen LogP contribution in [0.1, 0.15) is 16.2 Å². The molecule has 0 fully saturated rings. The fraction of sp³-hybridized carbons (Fsp3) is 0.0909. The monoisotopic (exact) mass is 364 g/mol. The van der Waals surface area contributed by atoms with E-state index in [0.29, 0.717) is 21.5 Å². The summed E-state index contributed by atoms with van der Waals surface area (Å²) in [4.78, 5) is 10.6. The minimum Gasteiger partial charge on any atom is -0.476 e. The molecule has 0 radical (unpaired) electrons. The Morgan fingerprint density at radius 2 is 2.00 bits per heavy atom. The molecule has 0 spiro atoms. The quantitative estimate of drug-likeness (QED) is 0.854. The van der Waals surface area contributed by atoms with E-state index >= 15 is 0 Å². The molecule has 1 aromatic heterocycles. The molecule has 100 valence electrons. The standard InChI is InChI=1S/C11H7BrCl2N2O3/c12-5-1-7(13)10(8(14)2-5)15-4-6-3-9(11(17)18)16-19-6/h1-3,15H,4H2,(H,17,18). The van der Waals surface area contributed by atoms with Crippen LogP contribution in [0, 0.1) is 0 Å². The average molecular weight is 366 g/mol. The van der Waals surface area contributed by atoms with Gasteiger partial charge in [-0.1, -0.05) is 44.3 Å². The van der Waals surface area contributed by atoms with Gasteiger partial charge in [-0.05, 0) is 12.1 Å². The van der Waals surface area contributed by atoms with E-state index in [9.17, 15) is 4.79 Å². The first-order valence-corrected chi connectivity index (χ1v) is 6.59. The highest BCUT2D eigenvalue weighted by Gasteiger charge is 2.12. The van der Waals surface area contributed by atoms with E-state index in [0.717, 1.165) is 4.47 Å². The highest BCUT2D eigenvalue weighted by molar-refractivity contribution is 9.10. The lowest BCUT2D eigenvalue weighted by molar-refractivity contribution is 0.0685. The summed E-state index contributed by atoms with van der Waals surface area (Å²) in [6.45, 7) is 0.224. The third-order valence-corrected chi connectivity index (χ3v) is 3.28. The Bertz CT molecular complexity index is 607. The molecule has 2 N–H and O–H groups in total. The van der Waals surface area contributed by atoms with Gasteiger partial charge >= 0.3 is 5.97 Å². The first kappa shape index (κ1) is 14.2. The van der Waals surface area contributed by atoms with Crippen molar-refractivity contribution in [2.75, 3.05) is 5.32 Å². The number of anilines is 1. The Labute approximate surface area is 126 Å². The number of nitrogens with one attached hydrogen (secondary N) is 1. The summed E-state index contributed by atoms with van der Waals surface area (Å²) in [5.74, 6) is -0.776. The number of rotatable bonds is 4. The number of aromatic carboxylic acids is 1. The van der Waals surface area contributed by atoms with Gasteiger partial charge in [0.1, 0.15) is 0 Å². The van der Waals surface area contributed by atoms with Crippen molar-refractivity contribution in [2.45, 2.75) is 6.54 Å². The second-order valence-corrected chi connectivity index (χ2v) is 5.31. The van der Waals surface area contributed by atoms with Gasteiger partial charge in [0, 0.05) is 10.5 Å². The van der Waals surface area contributed by atoms with Gasteiger partial charge in [0.15, 0.2) is 11.5 Å². The number of hydrogen-bond donors (Lipinski definition) is 2. The van der Waals surface area contributed by atoms with E-state index in [-0.39, 0.29) is 12.2 Å². The number of carboxylic acid groups (broad SMARTS) is 1. The predicted molar refractivity (Wildman–Crippen MR) is 75.0 cm³/mol. The molecule has 2 aromatic rings. The van der Waals surface area contributed by atoms with E-state index in [1.54, 1.807) is 12.1 Å². The van der Waals surface area contributed by atoms with Crippen LogP contribution in [0.2, 0.25) is 10.0 Å². The summed E-state index contributed by atoms with van der Waals surface area (Å²) in [5, 5.41) is 16.0. The van der Waals surface area contributed by atoms with Crippen LogP contribution in [0.4, 0.5) is 5.69 Å². The summed E-state index contributed by atoms with van der Waals surface area (Å²) in [5.41, 5.74) is 0.393. The largest absolute Gasteiger partial charge is 0.476 e. The molecule has 0 saturated heterocycles. The number of benzene rings is 1. The third kappa shape index (κ3) is 3.40. The smallest absolute Gasteiger partial charge is 0.358 e. The van der Waals surface area contributed by atoms with Crippen LogP contribution in [0.5, 0.6) is 0 Å². The number of nitrogens with zero attached hydrogens (tertiary/aromatic N) is 1. The van der Waals surface area contributed by atoms with Crippen molar-refractivity contribution in [3.63, 3.8) is 0 Å². The van der Waals surface area contributed by atoms with E-state index in [1.165, 1.54) is 6.07 Å². The molecular formula is C11H7BrCl2N2O3. The Morgan fingerprint density at radius 1 is 1.37 bits per heavy atom. The van der Waals surface area contributed by atoms with Crippen LogP contribution in [-0.4, -0.2) is 16.2 Å². The maximum Gasteiger partial charge on any atom is 0.358 e. The zero-order valence-corrected chi connectivity index (χ0v) is 12.4. The second kappa shape index (κ2) is 5.81. The Balaban J connectivity index is 2.12. The highest BCUT2D eigenvalue weighted by atomic mass is 79.9. The molecule has 5 nitrogen and oxygen atoms in total. The molecule has 0 aliphatic carbocycles. The van der Waals surface area contributed by atoms with Gasteiger partial charge in [0.05, 0.1) is 22.3 Å². The van der Waals surface area contributed by atoms with E-state index < -0.39 is 5.97 Å². The number of hydrogen-bond acceptors (Lipinski definition) is 4. The first-order chi connectivity index (χ1) is 8.97. The van der Waals surface area contributed by atoms with E-state index in [2.05, 4.69) is 26.4 Å². The van der Waals surface area contributed by atoms with Crippen LogP contribution in [0.15, 0.2) is 27.2 Å². The van der Waals surface area contributed by atoms with Crippen LogP contribution in [-0.2, 0) is 6.54 Å². The molecule has 0 unspecified atom stereocenters. The predicted octanol–water partition coefficient (Wildman–Crippen LogP) is 4.05. The summed E-state index contributed by atoms with van der Waals surface area (Å²) < 4.78 is 5.63. The second-order valence-electron chi connectivity index (χ2n) is 3.58. The highest BCUT2D eigenvalue weighted by Crippen LogP contribution is 2.34. The van der Waals surface area contributed by atoms with Crippen LogP contribution < -0.4 is 5.32 Å². The summed E-state index contributed by atoms with van der Waals surface area (Å²) in [7, 11) is 0. The number of carboxylic acids is 1. The van der Waals surface area contributed by atoms with Crippen molar-refractivity contribution < 1.29 is 14.4 Å². The minimum absolute atomic E-state index is 0.148. The van der Waals surface area contributed by atoms with Gasteiger partial charge in [0.25, 0.3) is 0 Å². The summed E-state index contributed by atoms with van der Waals surface area (Å²) in [6.07, 6.45) is 0. The lowest BCUT2D eigenvalue weighted by Gasteiger charge is -2.09. The average Bonchev–Trinajstić information content (AvgIpc) is 2.76. The van der Waals surface area contributed by atoms with Gasteiger partial charge in [-0.15, -0.1) is 0 Å². The maximum absolute atomic E-state index is 10.6. The van der Waals surface area contributed by atoms with Crippen molar-refractivity contribution in [2.24, 2.45) is 0 Å². The molecule has 0 saturated carbocycles. The van der Waals surface area contributed by atoms with Crippen LogP contribution in [0.25, 0.3) is 0 Å². The first-order valence-electron chi connectivity index (χ1n) is 5.04. The number of aromatic nitrogens is 1. The number of carbonyl (C=O) groups is 1. The Hall–Kier alpha value is -1.24. The van der Waals surface area contributed by atoms with Gasteiger partial charge in [-0.25, -0.2) is 4.79 Å². The zero-order valence-electron chi connectivity index (χ0n) is 9.28. The lowest BCUT2D eigenvalue weighted by Crippen LogP contribution is -2.00. The molecule has 0 atom stereocenters. The molecule has 8 heteroatoms. The van der Waals surface area contributed by atoms with Gasteiger partial charge in [-0.2, -0.15) is 0 Å². The van der Waals surface area contributed by atoms with Crippen LogP contribution >= 0.6 is 39.1 Å². The summed E-state index contributed by atoms with van der Waals surface area (Å²) in [6, 6.07) is 4.72. The molecule has 0 aliphatic heterocycles. The normalized spacial score (nSPS) is 10.5. The minimum atomic E-state index is -1.14. The van der Waals surface area contributed by atoms with E-state index in [4.69, 9.17) is 32.8 Å². The molecule has 1 heterocycles. The van der Waals surface area contributed by atoms with Crippen molar-refractivity contribution in [3.8, 4) is 0 Å². The van der Waals surface area contributed by atoms with Gasteiger partial charge < -0.3 is 14.9 Å². The third-order valence-electron chi connectivity index (χ3n) is 2.22. The topological polar surface area (TPSA) is 75.4 Å². The van der Waals surface area contributed by atoms with Crippen LogP contribution in [0.3, 0.4) is 0 Å². The fourth-order valence-corrected chi connectivity index (χ4v) is 2.73. The number of halogens is 3. The van der Waals surface area contributed by atoms with Gasteiger partial charge in [-0.3, -0.25) is 0 Å². The van der Waals surface area contributed by atoms with Crippen molar-refractivity contribution >= 4 is 50.8 Å². The van der Waals surface area contributed by atoms with Crippen molar-refractivity contribution in [3.05, 3.63) is 44.2 Å².